The number of anilines is 3. The van der Waals surface area contributed by atoms with Crippen LogP contribution in [0.5, 0.6) is 11.5 Å². The molecule has 5 aromatic rings. The van der Waals surface area contributed by atoms with Gasteiger partial charge in [-0.2, -0.15) is 0 Å². The van der Waals surface area contributed by atoms with Crippen molar-refractivity contribution < 1.29 is 27.0 Å². The van der Waals surface area contributed by atoms with Crippen LogP contribution in [-0.2, 0) is 22.2 Å². The van der Waals surface area contributed by atoms with Gasteiger partial charge in [-0.3, -0.25) is 18.5 Å². The minimum atomic E-state index is -4.42. The minimum Gasteiger partial charge on any atom is -0.428 e. The van der Waals surface area contributed by atoms with Crippen LogP contribution in [0.1, 0.15) is 35.9 Å². The van der Waals surface area contributed by atoms with E-state index in [0.717, 1.165) is 18.8 Å². The van der Waals surface area contributed by atoms with Gasteiger partial charge in [0.1, 0.15) is 23.1 Å². The van der Waals surface area contributed by atoms with Crippen molar-refractivity contribution in [2.45, 2.75) is 32.3 Å². The molecule has 5 aromatic carbocycles. The summed E-state index contributed by atoms with van der Waals surface area (Å²) in [5, 5.41) is -1.80. The first-order chi connectivity index (χ1) is 24.1. The van der Waals surface area contributed by atoms with Crippen molar-refractivity contribution in [3.63, 3.8) is 0 Å². The van der Waals surface area contributed by atoms with Crippen LogP contribution in [0.15, 0.2) is 109 Å². The standard InChI is InChI=1S/C37H33Cl2F2N3O4P2/c1-3-42(4-2)28-15-13-25(14-16-28)37(49(45)43(29-17-19-33(40)31(38)21-29)23-26-9-5-7-11-35(26)47-49)50(46)44(30-18-20-34(41)32(39)22-30)24-27-10-6-8-12-36(27)48-50/h5-22,37H,3-4,23-24H2,1-2H3. The van der Waals surface area contributed by atoms with Crippen molar-refractivity contribution in [2.75, 3.05) is 27.3 Å². The summed E-state index contributed by atoms with van der Waals surface area (Å²) >= 11 is 12.6. The van der Waals surface area contributed by atoms with Crippen molar-refractivity contribution in [3.05, 3.63) is 148 Å². The smallest absolute Gasteiger partial charge is 0.364 e. The molecule has 0 saturated heterocycles. The van der Waals surface area contributed by atoms with Crippen LogP contribution in [0, 0.1) is 11.6 Å². The van der Waals surface area contributed by atoms with Crippen molar-refractivity contribution in [3.8, 4) is 11.5 Å². The average molecular weight is 755 g/mol. The first-order valence-corrected chi connectivity index (χ1v) is 20.2. The monoisotopic (exact) mass is 753 g/mol. The molecule has 50 heavy (non-hydrogen) atoms. The van der Waals surface area contributed by atoms with Crippen molar-refractivity contribution >= 4 is 55.3 Å². The molecule has 2 heterocycles. The molecule has 0 fully saturated rings. The largest absolute Gasteiger partial charge is 0.428 e. The molecule has 7 rings (SSSR count). The van der Waals surface area contributed by atoms with Crippen molar-refractivity contribution in [2.24, 2.45) is 0 Å². The Bertz CT molecular complexity index is 2040. The molecule has 2 atom stereocenters. The van der Waals surface area contributed by atoms with Crippen LogP contribution in [0.25, 0.3) is 0 Å². The number of rotatable bonds is 8. The topological polar surface area (TPSA) is 62.3 Å². The van der Waals surface area contributed by atoms with Gasteiger partial charge in [-0.25, -0.2) is 8.78 Å². The summed E-state index contributed by atoms with van der Waals surface area (Å²) in [6.45, 7) is 5.76. The Labute approximate surface area is 300 Å². The van der Waals surface area contributed by atoms with E-state index in [-0.39, 0.29) is 23.1 Å². The summed E-state index contributed by atoms with van der Waals surface area (Å²) in [6.07, 6.45) is 0. The highest BCUT2D eigenvalue weighted by molar-refractivity contribution is 7.78. The second kappa shape index (κ2) is 13.6. The van der Waals surface area contributed by atoms with E-state index in [1.165, 1.54) is 45.7 Å². The van der Waals surface area contributed by atoms with Gasteiger partial charge >= 0.3 is 15.0 Å². The van der Waals surface area contributed by atoms with Crippen LogP contribution in [0.4, 0.5) is 25.8 Å². The van der Waals surface area contributed by atoms with E-state index in [1.807, 2.05) is 36.4 Å². The zero-order valence-corrected chi connectivity index (χ0v) is 30.5. The van der Waals surface area contributed by atoms with E-state index in [9.17, 15) is 8.78 Å². The third-order valence-corrected chi connectivity index (χ3v) is 16.2. The summed E-state index contributed by atoms with van der Waals surface area (Å²) in [6, 6.07) is 29.7. The van der Waals surface area contributed by atoms with Crippen LogP contribution >= 0.6 is 38.2 Å². The van der Waals surface area contributed by atoms with Gasteiger partial charge in [-0.05, 0) is 80.1 Å². The second-order valence-corrected chi connectivity index (χ2v) is 17.8. The molecule has 0 radical (unpaired) electrons. The molecule has 0 spiro atoms. The summed E-state index contributed by atoms with van der Waals surface area (Å²) in [5.74, 6) is -0.589. The normalized spacial score (nSPS) is 20.3. The molecule has 0 aromatic heterocycles. The molecule has 7 nitrogen and oxygen atoms in total. The third-order valence-electron chi connectivity index (χ3n) is 9.06. The number of para-hydroxylation sites is 2. The number of benzene rings is 5. The van der Waals surface area contributed by atoms with Crippen LogP contribution in [0.2, 0.25) is 10.0 Å². The Balaban J connectivity index is 1.51. The first-order valence-electron chi connectivity index (χ1n) is 16.1. The first kappa shape index (κ1) is 34.4. The molecule has 0 saturated carbocycles. The maximum atomic E-state index is 16.3. The SMILES string of the molecule is CCN(CC)c1ccc(C(P2(=O)Oc3ccccc3CN2c2ccc(F)c(Cl)c2)P2(=O)Oc3ccccc3CN2c2ccc(F)c(Cl)c2)cc1. The minimum absolute atomic E-state index is 0.0718. The van der Waals surface area contributed by atoms with E-state index in [1.54, 1.807) is 36.4 Å². The van der Waals surface area contributed by atoms with E-state index >= 15 is 9.13 Å². The maximum absolute atomic E-state index is 16.3. The zero-order valence-electron chi connectivity index (χ0n) is 27.2. The lowest BCUT2D eigenvalue weighted by molar-refractivity contribution is 0.435. The summed E-state index contributed by atoms with van der Waals surface area (Å²) in [5.41, 5.74) is 3.38. The molecule has 258 valence electrons. The number of fused-ring (bicyclic) bond motifs is 2. The molecular formula is C37H33Cl2F2N3O4P2. The van der Waals surface area contributed by atoms with E-state index < -0.39 is 32.1 Å². The zero-order chi connectivity index (χ0) is 35.2. The van der Waals surface area contributed by atoms with Crippen LogP contribution < -0.4 is 23.3 Å². The molecule has 0 aliphatic carbocycles. The summed E-state index contributed by atoms with van der Waals surface area (Å²) in [7, 11) is -8.84. The van der Waals surface area contributed by atoms with Gasteiger partial charge in [0.25, 0.3) is 0 Å². The third kappa shape index (κ3) is 6.05. The predicted octanol–water partition coefficient (Wildman–Crippen LogP) is 11.7. The number of hydrogen-bond acceptors (Lipinski definition) is 5. The van der Waals surface area contributed by atoms with Crippen molar-refractivity contribution in [1.29, 1.82) is 0 Å². The molecule has 2 aliphatic heterocycles. The van der Waals surface area contributed by atoms with Gasteiger partial charge in [0.15, 0.2) is 5.40 Å². The van der Waals surface area contributed by atoms with Crippen molar-refractivity contribution in [1.82, 2.24) is 0 Å². The molecule has 13 heteroatoms. The lowest BCUT2D eigenvalue weighted by Crippen LogP contribution is -2.35. The molecule has 0 bridgehead atoms. The number of halogens is 4. The quantitative estimate of drug-likeness (QED) is 0.146. The molecule has 0 amide bonds. The van der Waals surface area contributed by atoms with Gasteiger partial charge in [0.05, 0.1) is 23.1 Å². The van der Waals surface area contributed by atoms with Crippen LogP contribution in [-0.4, -0.2) is 13.1 Å². The van der Waals surface area contributed by atoms with Gasteiger partial charge in [-0.1, -0.05) is 71.7 Å². The Kier molecular flexibility index (Phi) is 9.38. The Morgan fingerprint density at radius 2 is 1.12 bits per heavy atom. The number of hydrogen-bond donors (Lipinski definition) is 0. The van der Waals surface area contributed by atoms with Crippen LogP contribution in [0.3, 0.4) is 0 Å². The van der Waals surface area contributed by atoms with E-state index in [0.29, 0.717) is 39.6 Å². The van der Waals surface area contributed by atoms with Gasteiger partial charge in [0.2, 0.25) is 0 Å². The fourth-order valence-electron chi connectivity index (χ4n) is 6.51. The van der Waals surface area contributed by atoms with Gasteiger partial charge in [0, 0.05) is 41.3 Å². The Hall–Kier alpha value is -4.00. The highest BCUT2D eigenvalue weighted by Crippen LogP contribution is 2.82. The van der Waals surface area contributed by atoms with Gasteiger partial charge in [-0.15, -0.1) is 0 Å². The fourth-order valence-corrected chi connectivity index (χ4v) is 13.9. The molecular weight excluding hydrogens is 721 g/mol. The van der Waals surface area contributed by atoms with E-state index in [4.69, 9.17) is 32.2 Å². The summed E-state index contributed by atoms with van der Waals surface area (Å²) in [4.78, 5) is 2.16. The second-order valence-electron chi connectivity index (χ2n) is 12.0. The highest BCUT2D eigenvalue weighted by Gasteiger charge is 2.60. The Morgan fingerprint density at radius 1 is 0.680 bits per heavy atom. The average Bonchev–Trinajstić information content (AvgIpc) is 3.11. The Morgan fingerprint density at radius 3 is 1.54 bits per heavy atom. The predicted molar refractivity (Wildman–Crippen MR) is 197 cm³/mol. The highest BCUT2D eigenvalue weighted by atomic mass is 35.5. The van der Waals surface area contributed by atoms with Gasteiger partial charge < -0.3 is 13.9 Å². The van der Waals surface area contributed by atoms with E-state index in [2.05, 4.69) is 18.7 Å². The molecule has 0 N–H and O–H groups in total. The maximum Gasteiger partial charge on any atom is 0.364 e. The fraction of sp³-hybridized carbons (Fsp3) is 0.189. The lowest BCUT2D eigenvalue weighted by Gasteiger charge is -2.47. The number of nitrogens with zero attached hydrogens (tertiary/aromatic N) is 3. The molecule has 2 aliphatic rings. The molecule has 2 unspecified atom stereocenters. The summed E-state index contributed by atoms with van der Waals surface area (Å²) < 4.78 is 77.8. The lowest BCUT2D eigenvalue weighted by atomic mass is 10.2.